The molecule has 0 aliphatic heterocycles. The minimum Gasteiger partial charge on any atom is -0.393 e. The number of quaternary nitrogens is 1. The zero-order valence-corrected chi connectivity index (χ0v) is 21.1. The second-order valence-electron chi connectivity index (χ2n) is 9.45. The molecule has 0 bridgehead atoms. The molecule has 0 aliphatic carbocycles. The van der Waals surface area contributed by atoms with Gasteiger partial charge in [0.25, 0.3) is 0 Å². The quantitative estimate of drug-likeness (QED) is 0.0866. The standard InChI is InChI=1S/C26H51ClNO2/c1-5-7-8-9-10-11-12-13-14-15-16-17-18-19-25(27)23-26(30)28(4,21-6-2)22-20-24(3)29/h6,24-25,29H,2,5,7-23H2,1,3-4H3/q+1. The topological polar surface area (TPSA) is 37.3 Å². The van der Waals surface area contributed by atoms with Crippen LogP contribution in [0.2, 0.25) is 0 Å². The van der Waals surface area contributed by atoms with Crippen molar-refractivity contribution >= 4 is 17.5 Å². The molecule has 1 N–H and O–H groups in total. The number of nitrogens with zero attached hydrogens (tertiary/aromatic N) is 1. The van der Waals surface area contributed by atoms with Crippen LogP contribution >= 0.6 is 11.6 Å². The van der Waals surface area contributed by atoms with Crippen molar-refractivity contribution in [1.82, 2.24) is 0 Å². The van der Waals surface area contributed by atoms with Crippen LogP contribution in [-0.2, 0) is 4.79 Å². The van der Waals surface area contributed by atoms with E-state index in [9.17, 15) is 9.90 Å². The van der Waals surface area contributed by atoms with Crippen molar-refractivity contribution in [3.63, 3.8) is 0 Å². The summed E-state index contributed by atoms with van der Waals surface area (Å²) >= 11 is 6.48. The third kappa shape index (κ3) is 16.3. The molecule has 0 radical (unpaired) electrons. The third-order valence-corrected chi connectivity index (χ3v) is 6.56. The summed E-state index contributed by atoms with van der Waals surface area (Å²) in [5.41, 5.74) is 0. The highest BCUT2D eigenvalue weighted by atomic mass is 35.5. The van der Waals surface area contributed by atoms with E-state index in [1.165, 1.54) is 77.0 Å². The van der Waals surface area contributed by atoms with Crippen LogP contribution in [0.3, 0.4) is 0 Å². The molecule has 0 aromatic carbocycles. The summed E-state index contributed by atoms with van der Waals surface area (Å²) in [6.45, 7) is 9.05. The van der Waals surface area contributed by atoms with Crippen LogP contribution in [0.4, 0.5) is 0 Å². The van der Waals surface area contributed by atoms with Gasteiger partial charge in [-0.25, -0.2) is 4.79 Å². The Morgan fingerprint density at radius 2 is 1.40 bits per heavy atom. The normalized spacial score (nSPS) is 15.5. The average Bonchev–Trinajstić information content (AvgIpc) is 2.70. The van der Waals surface area contributed by atoms with Crippen molar-refractivity contribution in [1.29, 1.82) is 0 Å². The second kappa shape index (κ2) is 19.3. The molecule has 0 fully saturated rings. The van der Waals surface area contributed by atoms with Gasteiger partial charge in [-0.2, -0.15) is 0 Å². The van der Waals surface area contributed by atoms with Gasteiger partial charge in [-0.3, -0.25) is 4.48 Å². The lowest BCUT2D eigenvalue weighted by Crippen LogP contribution is -2.51. The molecule has 0 aliphatic rings. The zero-order chi connectivity index (χ0) is 22.7. The Morgan fingerprint density at radius 1 is 0.933 bits per heavy atom. The molecule has 3 unspecified atom stereocenters. The van der Waals surface area contributed by atoms with E-state index in [0.717, 1.165) is 12.8 Å². The minimum absolute atomic E-state index is 0.0842. The van der Waals surface area contributed by atoms with Gasteiger partial charge in [0.1, 0.15) is 6.54 Å². The Bertz CT molecular complexity index is 427. The molecule has 178 valence electrons. The molecule has 0 saturated carbocycles. The summed E-state index contributed by atoms with van der Waals surface area (Å²) in [7, 11) is 1.93. The number of aliphatic hydroxyl groups is 1. The molecule has 1 amide bonds. The van der Waals surface area contributed by atoms with E-state index < -0.39 is 6.10 Å². The van der Waals surface area contributed by atoms with Gasteiger partial charge in [0.2, 0.25) is 0 Å². The molecule has 3 nitrogen and oxygen atoms in total. The Labute approximate surface area is 192 Å². The molecule has 0 saturated heterocycles. The van der Waals surface area contributed by atoms with Gasteiger partial charge in [0, 0.05) is 11.8 Å². The SMILES string of the molecule is C=CC[N+](C)(CCC(C)O)C(=O)CC(Cl)CCCCCCCCCCCCCCC. The molecule has 30 heavy (non-hydrogen) atoms. The first kappa shape index (κ1) is 29.6. The predicted molar refractivity (Wildman–Crippen MR) is 132 cm³/mol. The van der Waals surface area contributed by atoms with Crippen molar-refractivity contribution in [2.24, 2.45) is 0 Å². The zero-order valence-electron chi connectivity index (χ0n) is 20.3. The highest BCUT2D eigenvalue weighted by Gasteiger charge is 2.31. The van der Waals surface area contributed by atoms with Gasteiger partial charge in [0.15, 0.2) is 0 Å². The van der Waals surface area contributed by atoms with Crippen molar-refractivity contribution in [2.75, 3.05) is 20.1 Å². The number of likely N-dealkylation sites (N-methyl/N-ethyl adjacent to an activating group) is 1. The number of alkyl halides is 1. The fraction of sp³-hybridized carbons (Fsp3) is 0.885. The summed E-state index contributed by atoms with van der Waals surface area (Å²) in [6.07, 6.45) is 20.8. The second-order valence-corrected chi connectivity index (χ2v) is 10.1. The number of hydrogen-bond acceptors (Lipinski definition) is 2. The van der Waals surface area contributed by atoms with Crippen LogP contribution in [0.1, 0.15) is 117 Å². The summed E-state index contributed by atoms with van der Waals surface area (Å²) < 4.78 is 0.288. The van der Waals surface area contributed by atoms with Gasteiger partial charge in [-0.1, -0.05) is 97.0 Å². The molecule has 0 aromatic rings. The number of aliphatic hydroxyl groups excluding tert-OH is 1. The van der Waals surface area contributed by atoms with Gasteiger partial charge < -0.3 is 5.11 Å². The highest BCUT2D eigenvalue weighted by molar-refractivity contribution is 6.21. The predicted octanol–water partition coefficient (Wildman–Crippen LogP) is 7.40. The van der Waals surface area contributed by atoms with Crippen LogP contribution in [-0.4, -0.2) is 47.1 Å². The summed E-state index contributed by atoms with van der Waals surface area (Å²) in [5.74, 6) is 0.158. The maximum Gasteiger partial charge on any atom is 0.315 e. The van der Waals surface area contributed by atoms with Crippen molar-refractivity contribution in [2.45, 2.75) is 128 Å². The number of amides is 1. The first-order chi connectivity index (χ1) is 14.4. The lowest BCUT2D eigenvalue weighted by Gasteiger charge is -2.31. The molecular weight excluding hydrogens is 394 g/mol. The first-order valence-electron chi connectivity index (χ1n) is 12.7. The fourth-order valence-corrected chi connectivity index (χ4v) is 4.26. The van der Waals surface area contributed by atoms with Gasteiger partial charge in [-0.05, 0) is 19.4 Å². The van der Waals surface area contributed by atoms with Gasteiger partial charge in [-0.15, -0.1) is 11.6 Å². The molecule has 0 aromatic heterocycles. The molecule has 0 rings (SSSR count). The van der Waals surface area contributed by atoms with Crippen LogP contribution < -0.4 is 0 Å². The fourth-order valence-electron chi connectivity index (χ4n) is 3.97. The largest absolute Gasteiger partial charge is 0.393 e. The third-order valence-electron chi connectivity index (χ3n) is 6.19. The van der Waals surface area contributed by atoms with Crippen LogP contribution in [0.15, 0.2) is 12.7 Å². The van der Waals surface area contributed by atoms with E-state index >= 15 is 0 Å². The molecule has 3 atom stereocenters. The lowest BCUT2D eigenvalue weighted by molar-refractivity contribution is -0.829. The molecule has 0 spiro atoms. The van der Waals surface area contributed by atoms with E-state index in [4.69, 9.17) is 11.6 Å². The number of carbonyl (C=O) groups excluding carboxylic acids is 1. The first-order valence-corrected chi connectivity index (χ1v) is 13.1. The number of rotatable bonds is 21. The Kier molecular flexibility index (Phi) is 19.1. The Morgan fingerprint density at radius 3 is 1.83 bits per heavy atom. The number of carbonyl (C=O) groups is 1. The summed E-state index contributed by atoms with van der Waals surface area (Å²) in [5, 5.41) is 9.48. The lowest BCUT2D eigenvalue weighted by atomic mass is 10.0. The van der Waals surface area contributed by atoms with Crippen LogP contribution in [0.5, 0.6) is 0 Å². The maximum atomic E-state index is 12.8. The van der Waals surface area contributed by atoms with Crippen LogP contribution in [0, 0.1) is 0 Å². The van der Waals surface area contributed by atoms with Crippen molar-refractivity contribution < 1.29 is 14.4 Å². The minimum atomic E-state index is -0.391. The number of unbranched alkanes of at least 4 members (excludes halogenated alkanes) is 12. The molecule has 0 heterocycles. The van der Waals surface area contributed by atoms with Gasteiger partial charge in [0.05, 0.1) is 26.1 Å². The van der Waals surface area contributed by atoms with Crippen molar-refractivity contribution in [3.05, 3.63) is 12.7 Å². The Hall–Kier alpha value is -0.380. The molecular formula is C26H51ClNO2+. The van der Waals surface area contributed by atoms with E-state index in [0.29, 0.717) is 25.9 Å². The summed E-state index contributed by atoms with van der Waals surface area (Å²) in [4.78, 5) is 12.8. The highest BCUT2D eigenvalue weighted by Crippen LogP contribution is 2.19. The monoisotopic (exact) mass is 444 g/mol. The van der Waals surface area contributed by atoms with E-state index in [1.807, 2.05) is 7.05 Å². The summed E-state index contributed by atoms with van der Waals surface area (Å²) in [6, 6.07) is 0. The van der Waals surface area contributed by atoms with Gasteiger partial charge >= 0.3 is 5.91 Å². The number of hydrogen-bond donors (Lipinski definition) is 1. The maximum absolute atomic E-state index is 12.8. The molecule has 4 heteroatoms. The average molecular weight is 445 g/mol. The van der Waals surface area contributed by atoms with E-state index in [2.05, 4.69) is 13.5 Å². The smallest absolute Gasteiger partial charge is 0.315 e. The van der Waals surface area contributed by atoms with E-state index in [-0.39, 0.29) is 15.8 Å². The van der Waals surface area contributed by atoms with Crippen molar-refractivity contribution in [3.8, 4) is 0 Å². The Balaban J connectivity index is 3.77. The van der Waals surface area contributed by atoms with E-state index in [1.54, 1.807) is 13.0 Å². The number of halogens is 1. The van der Waals surface area contributed by atoms with Crippen LogP contribution in [0.25, 0.3) is 0 Å².